The Hall–Kier alpha value is -1.68. The van der Waals surface area contributed by atoms with Gasteiger partial charge >= 0.3 is 5.97 Å². The summed E-state index contributed by atoms with van der Waals surface area (Å²) in [5.74, 6) is -4.34. The summed E-state index contributed by atoms with van der Waals surface area (Å²) in [6.07, 6.45) is 0.149. The summed E-state index contributed by atoms with van der Waals surface area (Å²) in [4.78, 5) is 33.8. The van der Waals surface area contributed by atoms with E-state index in [-0.39, 0.29) is 12.0 Å². The first-order chi connectivity index (χ1) is 7.97. The SMILES string of the molecule is CCC(C(=O)C(=O)O)C(=O)c1cccc(Cl)c1. The molecule has 1 unspecified atom stereocenters. The van der Waals surface area contributed by atoms with Gasteiger partial charge in [0.15, 0.2) is 5.78 Å². The molecule has 1 aromatic rings. The number of hydrogen-bond donors (Lipinski definition) is 1. The van der Waals surface area contributed by atoms with Crippen molar-refractivity contribution in [2.24, 2.45) is 5.92 Å². The highest BCUT2D eigenvalue weighted by Crippen LogP contribution is 2.17. The average molecular weight is 255 g/mol. The number of ketones is 2. The van der Waals surface area contributed by atoms with E-state index in [4.69, 9.17) is 16.7 Å². The van der Waals surface area contributed by atoms with Gasteiger partial charge in [-0.05, 0) is 18.6 Å². The maximum Gasteiger partial charge on any atom is 0.372 e. The normalized spacial score (nSPS) is 11.9. The second kappa shape index (κ2) is 5.59. The number of aliphatic carboxylic acids is 1. The van der Waals surface area contributed by atoms with Crippen LogP contribution in [0.5, 0.6) is 0 Å². The Balaban J connectivity index is 3.02. The third kappa shape index (κ3) is 3.14. The molecule has 0 spiro atoms. The highest BCUT2D eigenvalue weighted by atomic mass is 35.5. The Morgan fingerprint density at radius 2 is 2.00 bits per heavy atom. The minimum atomic E-state index is -1.59. The summed E-state index contributed by atoms with van der Waals surface area (Å²) in [7, 11) is 0. The molecule has 90 valence electrons. The summed E-state index contributed by atoms with van der Waals surface area (Å²) in [6, 6.07) is 6.10. The fraction of sp³-hybridized carbons (Fsp3) is 0.250. The van der Waals surface area contributed by atoms with Crippen LogP contribution in [0.25, 0.3) is 0 Å². The molecule has 0 aromatic heterocycles. The predicted octanol–water partition coefficient (Wildman–Crippen LogP) is 2.20. The molecule has 0 aliphatic carbocycles. The highest BCUT2D eigenvalue weighted by Gasteiger charge is 2.30. The quantitative estimate of drug-likeness (QED) is 0.497. The van der Waals surface area contributed by atoms with E-state index in [0.29, 0.717) is 5.02 Å². The number of halogens is 1. The van der Waals surface area contributed by atoms with Gasteiger partial charge in [-0.25, -0.2) is 4.79 Å². The molecule has 0 aliphatic heterocycles. The van der Waals surface area contributed by atoms with Gasteiger partial charge in [0.25, 0.3) is 5.78 Å². The molecule has 0 radical (unpaired) electrons. The Labute approximate surface area is 103 Å². The number of carbonyl (C=O) groups is 3. The smallest absolute Gasteiger partial charge is 0.372 e. The number of benzene rings is 1. The van der Waals surface area contributed by atoms with E-state index < -0.39 is 23.5 Å². The second-order valence-electron chi connectivity index (χ2n) is 3.50. The number of carboxylic acid groups (broad SMARTS) is 1. The molecule has 1 rings (SSSR count). The Morgan fingerprint density at radius 3 is 2.47 bits per heavy atom. The maximum atomic E-state index is 11.9. The Kier molecular flexibility index (Phi) is 4.40. The minimum absolute atomic E-state index is 0.149. The second-order valence-corrected chi connectivity index (χ2v) is 3.94. The predicted molar refractivity (Wildman–Crippen MR) is 62.2 cm³/mol. The lowest BCUT2D eigenvalue weighted by molar-refractivity contribution is -0.150. The van der Waals surface area contributed by atoms with Gasteiger partial charge in [-0.2, -0.15) is 0 Å². The third-order valence-electron chi connectivity index (χ3n) is 2.36. The van der Waals surface area contributed by atoms with Crippen LogP contribution in [0.15, 0.2) is 24.3 Å². The van der Waals surface area contributed by atoms with Crippen molar-refractivity contribution in [2.75, 3.05) is 0 Å². The standard InChI is InChI=1S/C12H11ClO4/c1-2-9(11(15)12(16)17)10(14)7-4-3-5-8(13)6-7/h3-6,9H,2H2,1H3,(H,16,17). The topological polar surface area (TPSA) is 71.4 Å². The number of rotatable bonds is 5. The van der Waals surface area contributed by atoms with Gasteiger partial charge < -0.3 is 5.11 Å². The summed E-state index contributed by atoms with van der Waals surface area (Å²) >= 11 is 5.73. The molecule has 0 aliphatic rings. The van der Waals surface area contributed by atoms with Crippen LogP contribution in [0.2, 0.25) is 5.02 Å². The monoisotopic (exact) mass is 254 g/mol. The lowest BCUT2D eigenvalue weighted by atomic mass is 9.91. The molecule has 5 heteroatoms. The van der Waals surface area contributed by atoms with Crippen molar-refractivity contribution in [1.82, 2.24) is 0 Å². The van der Waals surface area contributed by atoms with E-state index >= 15 is 0 Å². The Bertz CT molecular complexity index is 467. The molecule has 0 bridgehead atoms. The van der Waals surface area contributed by atoms with Crippen LogP contribution in [0, 0.1) is 5.92 Å². The van der Waals surface area contributed by atoms with Gasteiger partial charge in [0.05, 0.1) is 5.92 Å². The molecule has 17 heavy (non-hydrogen) atoms. The zero-order valence-corrected chi connectivity index (χ0v) is 9.90. The first-order valence-electron chi connectivity index (χ1n) is 5.04. The summed E-state index contributed by atoms with van der Waals surface area (Å²) in [5.41, 5.74) is 0.249. The van der Waals surface area contributed by atoms with Gasteiger partial charge in [0.1, 0.15) is 0 Å². The molecular formula is C12H11ClO4. The van der Waals surface area contributed by atoms with Crippen molar-refractivity contribution in [2.45, 2.75) is 13.3 Å². The van der Waals surface area contributed by atoms with E-state index in [2.05, 4.69) is 0 Å². The van der Waals surface area contributed by atoms with E-state index in [1.54, 1.807) is 19.1 Å². The van der Waals surface area contributed by atoms with Crippen molar-refractivity contribution in [3.8, 4) is 0 Å². The molecule has 1 aromatic carbocycles. The first-order valence-corrected chi connectivity index (χ1v) is 5.42. The summed E-state index contributed by atoms with van der Waals surface area (Å²) in [5, 5.41) is 8.98. The van der Waals surface area contributed by atoms with Crippen molar-refractivity contribution in [3.05, 3.63) is 34.9 Å². The van der Waals surface area contributed by atoms with Crippen LogP contribution >= 0.6 is 11.6 Å². The lowest BCUT2D eigenvalue weighted by Crippen LogP contribution is -2.29. The number of carboxylic acids is 1. The average Bonchev–Trinajstić information content (AvgIpc) is 2.29. The molecule has 0 fully saturated rings. The van der Waals surface area contributed by atoms with Gasteiger partial charge in [0.2, 0.25) is 0 Å². The van der Waals surface area contributed by atoms with E-state index in [1.165, 1.54) is 12.1 Å². The molecule has 4 nitrogen and oxygen atoms in total. The van der Waals surface area contributed by atoms with Crippen molar-refractivity contribution in [1.29, 1.82) is 0 Å². The molecular weight excluding hydrogens is 244 g/mol. The van der Waals surface area contributed by atoms with Crippen LogP contribution in [-0.2, 0) is 9.59 Å². The highest BCUT2D eigenvalue weighted by molar-refractivity contribution is 6.39. The maximum absolute atomic E-state index is 11.9. The minimum Gasteiger partial charge on any atom is -0.475 e. The molecule has 0 amide bonds. The van der Waals surface area contributed by atoms with Crippen LogP contribution in [0.1, 0.15) is 23.7 Å². The van der Waals surface area contributed by atoms with E-state index in [0.717, 1.165) is 0 Å². The van der Waals surface area contributed by atoms with E-state index in [1.807, 2.05) is 0 Å². The number of carbonyl (C=O) groups excluding carboxylic acids is 2. The van der Waals surface area contributed by atoms with Gasteiger partial charge in [0, 0.05) is 10.6 Å². The number of Topliss-reactive ketones (excluding diaryl/α,β-unsaturated/α-hetero) is 2. The number of hydrogen-bond acceptors (Lipinski definition) is 3. The van der Waals surface area contributed by atoms with Gasteiger partial charge in [-0.15, -0.1) is 0 Å². The fourth-order valence-corrected chi connectivity index (χ4v) is 1.67. The lowest BCUT2D eigenvalue weighted by Gasteiger charge is -2.09. The molecule has 1 atom stereocenters. The van der Waals surface area contributed by atoms with Crippen LogP contribution in [0.3, 0.4) is 0 Å². The fourth-order valence-electron chi connectivity index (χ4n) is 1.48. The van der Waals surface area contributed by atoms with Crippen LogP contribution < -0.4 is 0 Å². The van der Waals surface area contributed by atoms with Gasteiger partial charge in [-0.1, -0.05) is 30.7 Å². The molecule has 0 saturated heterocycles. The Morgan fingerprint density at radius 1 is 1.35 bits per heavy atom. The molecule has 1 N–H and O–H groups in total. The van der Waals surface area contributed by atoms with Crippen molar-refractivity contribution >= 4 is 29.1 Å². The molecule has 0 saturated carbocycles. The zero-order chi connectivity index (χ0) is 13.0. The van der Waals surface area contributed by atoms with Crippen molar-refractivity contribution in [3.63, 3.8) is 0 Å². The van der Waals surface area contributed by atoms with Crippen molar-refractivity contribution < 1.29 is 19.5 Å². The summed E-state index contributed by atoms with van der Waals surface area (Å²) < 4.78 is 0. The zero-order valence-electron chi connectivity index (χ0n) is 9.14. The van der Waals surface area contributed by atoms with Crippen LogP contribution in [-0.4, -0.2) is 22.6 Å². The molecule has 0 heterocycles. The van der Waals surface area contributed by atoms with E-state index in [9.17, 15) is 14.4 Å². The summed E-state index contributed by atoms with van der Waals surface area (Å²) in [6.45, 7) is 1.59. The largest absolute Gasteiger partial charge is 0.475 e. The van der Waals surface area contributed by atoms with Crippen LogP contribution in [0.4, 0.5) is 0 Å². The third-order valence-corrected chi connectivity index (χ3v) is 2.60. The first kappa shape index (κ1) is 13.4. The van der Waals surface area contributed by atoms with Gasteiger partial charge in [-0.3, -0.25) is 9.59 Å².